The van der Waals surface area contributed by atoms with Crippen molar-refractivity contribution < 1.29 is 14.3 Å². The Balaban J connectivity index is 1.49. The van der Waals surface area contributed by atoms with Gasteiger partial charge in [0.15, 0.2) is 11.5 Å². The molecular formula is C24H25N3O3. The Hall–Kier alpha value is -3.54. The van der Waals surface area contributed by atoms with Crippen molar-refractivity contribution in [1.29, 1.82) is 0 Å². The molecule has 0 bridgehead atoms. The van der Waals surface area contributed by atoms with E-state index in [9.17, 15) is 4.79 Å². The highest BCUT2D eigenvalue weighted by molar-refractivity contribution is 5.99. The van der Waals surface area contributed by atoms with E-state index >= 15 is 0 Å². The molecule has 6 nitrogen and oxygen atoms in total. The summed E-state index contributed by atoms with van der Waals surface area (Å²) >= 11 is 0. The van der Waals surface area contributed by atoms with Gasteiger partial charge in [0.25, 0.3) is 5.91 Å². The lowest BCUT2D eigenvalue weighted by molar-refractivity contribution is 0.0789. The number of fused-ring (bicyclic) bond motifs is 1. The molecule has 2 aromatic carbocycles. The standard InChI is InChI=1S/C24H25N3O3/c1-16-8-4-5-9-18(16)20-13-12-19(23(26-20)27(2)3)24(28)25-14-17-15-29-21-10-6-7-11-22(21)30-17/h4-13,17H,14-15H2,1-3H3,(H,25,28). The third kappa shape index (κ3) is 4.08. The molecule has 1 aliphatic heterocycles. The molecule has 1 aliphatic rings. The summed E-state index contributed by atoms with van der Waals surface area (Å²) in [6.45, 7) is 2.79. The number of hydrogen-bond acceptors (Lipinski definition) is 5. The van der Waals surface area contributed by atoms with Gasteiger partial charge in [-0.3, -0.25) is 4.79 Å². The zero-order chi connectivity index (χ0) is 21.1. The smallest absolute Gasteiger partial charge is 0.255 e. The van der Waals surface area contributed by atoms with Crippen LogP contribution in [0, 0.1) is 6.92 Å². The average Bonchev–Trinajstić information content (AvgIpc) is 2.77. The fraction of sp³-hybridized carbons (Fsp3) is 0.250. The highest BCUT2D eigenvalue weighted by Crippen LogP contribution is 2.31. The van der Waals surface area contributed by atoms with Crippen LogP contribution in [0.5, 0.6) is 11.5 Å². The van der Waals surface area contributed by atoms with E-state index in [1.54, 1.807) is 0 Å². The van der Waals surface area contributed by atoms with Crippen LogP contribution in [0.4, 0.5) is 5.82 Å². The second-order valence-corrected chi connectivity index (χ2v) is 7.48. The summed E-state index contributed by atoms with van der Waals surface area (Å²) in [5, 5.41) is 2.95. The van der Waals surface area contributed by atoms with Crippen LogP contribution in [-0.2, 0) is 0 Å². The number of benzene rings is 2. The van der Waals surface area contributed by atoms with E-state index in [1.165, 1.54) is 0 Å². The lowest BCUT2D eigenvalue weighted by atomic mass is 10.0. The molecule has 0 saturated carbocycles. The molecule has 30 heavy (non-hydrogen) atoms. The first kappa shape index (κ1) is 19.8. The first-order chi connectivity index (χ1) is 14.5. The van der Waals surface area contributed by atoms with E-state index in [2.05, 4.69) is 18.3 Å². The summed E-state index contributed by atoms with van der Waals surface area (Å²) in [5.74, 6) is 1.86. The van der Waals surface area contributed by atoms with Gasteiger partial charge in [0, 0.05) is 19.7 Å². The van der Waals surface area contributed by atoms with E-state index in [0.717, 1.165) is 22.6 Å². The summed E-state index contributed by atoms with van der Waals surface area (Å²) in [6.07, 6.45) is -0.245. The third-order valence-corrected chi connectivity index (χ3v) is 5.02. The zero-order valence-corrected chi connectivity index (χ0v) is 17.4. The fourth-order valence-corrected chi connectivity index (χ4v) is 3.44. The van der Waals surface area contributed by atoms with E-state index in [4.69, 9.17) is 14.5 Å². The van der Waals surface area contributed by atoms with Crippen LogP contribution in [0.1, 0.15) is 15.9 Å². The SMILES string of the molecule is Cc1ccccc1-c1ccc(C(=O)NCC2COc3ccccc3O2)c(N(C)C)n1. The number of aromatic nitrogens is 1. The van der Waals surface area contributed by atoms with Gasteiger partial charge < -0.3 is 19.7 Å². The molecule has 0 fully saturated rings. The number of rotatable bonds is 5. The van der Waals surface area contributed by atoms with Crippen LogP contribution in [-0.4, -0.2) is 44.2 Å². The molecule has 0 spiro atoms. The Labute approximate surface area is 176 Å². The Morgan fingerprint density at radius 2 is 1.80 bits per heavy atom. The number of amides is 1. The molecule has 1 atom stereocenters. The van der Waals surface area contributed by atoms with E-state index < -0.39 is 0 Å². The number of pyridine rings is 1. The lowest BCUT2D eigenvalue weighted by Crippen LogP contribution is -2.41. The quantitative estimate of drug-likeness (QED) is 0.704. The van der Waals surface area contributed by atoms with Crippen molar-refractivity contribution >= 4 is 11.7 Å². The van der Waals surface area contributed by atoms with Crippen LogP contribution < -0.4 is 19.7 Å². The molecule has 1 aromatic heterocycles. The van der Waals surface area contributed by atoms with Gasteiger partial charge in [-0.1, -0.05) is 36.4 Å². The fourth-order valence-electron chi connectivity index (χ4n) is 3.44. The summed E-state index contributed by atoms with van der Waals surface area (Å²) < 4.78 is 11.6. The molecule has 1 N–H and O–H groups in total. The van der Waals surface area contributed by atoms with Crippen molar-refractivity contribution in [3.8, 4) is 22.8 Å². The number of aryl methyl sites for hydroxylation is 1. The maximum Gasteiger partial charge on any atom is 0.255 e. The number of ether oxygens (including phenoxy) is 2. The molecule has 4 rings (SSSR count). The maximum atomic E-state index is 12.9. The topological polar surface area (TPSA) is 63.7 Å². The van der Waals surface area contributed by atoms with Gasteiger partial charge in [-0.25, -0.2) is 4.98 Å². The zero-order valence-electron chi connectivity index (χ0n) is 17.4. The normalized spacial score (nSPS) is 14.8. The maximum absolute atomic E-state index is 12.9. The predicted molar refractivity (Wildman–Crippen MR) is 117 cm³/mol. The molecule has 3 aromatic rings. The summed E-state index contributed by atoms with van der Waals surface area (Å²) in [6, 6.07) is 19.3. The molecule has 1 amide bonds. The van der Waals surface area contributed by atoms with Gasteiger partial charge in [0.05, 0.1) is 17.8 Å². The van der Waals surface area contributed by atoms with Crippen LogP contribution in [0.3, 0.4) is 0 Å². The summed E-state index contributed by atoms with van der Waals surface area (Å²) in [4.78, 5) is 19.5. The van der Waals surface area contributed by atoms with Crippen molar-refractivity contribution in [3.05, 3.63) is 71.8 Å². The van der Waals surface area contributed by atoms with Crippen molar-refractivity contribution in [3.63, 3.8) is 0 Å². The molecule has 0 aliphatic carbocycles. The summed E-state index contributed by atoms with van der Waals surface area (Å²) in [7, 11) is 3.77. The number of nitrogens with one attached hydrogen (secondary N) is 1. The van der Waals surface area contributed by atoms with Crippen LogP contribution in [0.15, 0.2) is 60.7 Å². The van der Waals surface area contributed by atoms with Gasteiger partial charge in [-0.15, -0.1) is 0 Å². The van der Waals surface area contributed by atoms with E-state index in [0.29, 0.717) is 30.3 Å². The minimum absolute atomic E-state index is 0.190. The Morgan fingerprint density at radius 1 is 1.07 bits per heavy atom. The molecule has 0 saturated heterocycles. The highest BCUT2D eigenvalue weighted by atomic mass is 16.6. The first-order valence-electron chi connectivity index (χ1n) is 9.94. The molecule has 0 radical (unpaired) electrons. The van der Waals surface area contributed by atoms with Crippen LogP contribution in [0.25, 0.3) is 11.3 Å². The molecular weight excluding hydrogens is 378 g/mol. The second kappa shape index (κ2) is 8.45. The lowest BCUT2D eigenvalue weighted by Gasteiger charge is -2.26. The molecule has 1 unspecified atom stereocenters. The second-order valence-electron chi connectivity index (χ2n) is 7.48. The van der Waals surface area contributed by atoms with E-state index in [-0.39, 0.29) is 12.0 Å². The van der Waals surface area contributed by atoms with Gasteiger partial charge in [0.1, 0.15) is 18.5 Å². The van der Waals surface area contributed by atoms with Crippen LogP contribution >= 0.6 is 0 Å². The Morgan fingerprint density at radius 3 is 2.57 bits per heavy atom. The minimum Gasteiger partial charge on any atom is -0.486 e. The number of nitrogens with zero attached hydrogens (tertiary/aromatic N) is 2. The molecule has 6 heteroatoms. The first-order valence-corrected chi connectivity index (χ1v) is 9.94. The average molecular weight is 403 g/mol. The molecule has 2 heterocycles. The Bertz CT molecular complexity index is 1070. The van der Waals surface area contributed by atoms with E-state index in [1.807, 2.05) is 73.6 Å². The number of carbonyl (C=O) groups is 1. The van der Waals surface area contributed by atoms with Crippen molar-refractivity contribution in [2.75, 3.05) is 32.1 Å². The predicted octanol–water partition coefficient (Wildman–Crippen LogP) is 3.69. The number of para-hydroxylation sites is 2. The highest BCUT2D eigenvalue weighted by Gasteiger charge is 2.22. The van der Waals surface area contributed by atoms with Gasteiger partial charge >= 0.3 is 0 Å². The van der Waals surface area contributed by atoms with Crippen molar-refractivity contribution in [1.82, 2.24) is 10.3 Å². The van der Waals surface area contributed by atoms with Crippen LogP contribution in [0.2, 0.25) is 0 Å². The van der Waals surface area contributed by atoms with Crippen molar-refractivity contribution in [2.45, 2.75) is 13.0 Å². The number of hydrogen-bond donors (Lipinski definition) is 1. The number of anilines is 1. The minimum atomic E-state index is -0.245. The summed E-state index contributed by atoms with van der Waals surface area (Å²) in [5.41, 5.74) is 3.56. The number of carbonyl (C=O) groups excluding carboxylic acids is 1. The van der Waals surface area contributed by atoms with Gasteiger partial charge in [-0.05, 0) is 36.8 Å². The third-order valence-electron chi connectivity index (χ3n) is 5.02. The Kier molecular flexibility index (Phi) is 5.57. The monoisotopic (exact) mass is 403 g/mol. The largest absolute Gasteiger partial charge is 0.486 e. The van der Waals surface area contributed by atoms with Gasteiger partial charge in [0.2, 0.25) is 0 Å². The molecule has 154 valence electrons. The van der Waals surface area contributed by atoms with Gasteiger partial charge in [-0.2, -0.15) is 0 Å². The van der Waals surface area contributed by atoms with Crippen molar-refractivity contribution in [2.24, 2.45) is 0 Å².